The van der Waals surface area contributed by atoms with Crippen LogP contribution < -0.4 is 0 Å². The van der Waals surface area contributed by atoms with Gasteiger partial charge in [0.1, 0.15) is 0 Å². The Morgan fingerprint density at radius 1 is 1.18 bits per heavy atom. The van der Waals surface area contributed by atoms with Gasteiger partial charge in [-0.15, -0.1) is 0 Å². The summed E-state index contributed by atoms with van der Waals surface area (Å²) in [5.41, 5.74) is 2.37. The Kier molecular flexibility index (Phi) is 5.95. The maximum Gasteiger partial charge on any atom is 0.310 e. The number of carboxylic acids is 1. The first-order valence-electron chi connectivity index (χ1n) is 13.4. The van der Waals surface area contributed by atoms with E-state index in [1.807, 2.05) is 0 Å². The number of nitriles is 1. The highest BCUT2D eigenvalue weighted by Crippen LogP contribution is 2.74. The Balaban J connectivity index is 1.84. The molecule has 4 aliphatic carbocycles. The molecule has 4 aliphatic rings. The van der Waals surface area contributed by atoms with Gasteiger partial charge in [0.25, 0.3) is 0 Å². The molecule has 0 amide bonds. The van der Waals surface area contributed by atoms with E-state index >= 15 is 0 Å². The van der Waals surface area contributed by atoms with Gasteiger partial charge in [-0.25, -0.2) is 0 Å². The van der Waals surface area contributed by atoms with Crippen molar-refractivity contribution < 1.29 is 9.90 Å². The summed E-state index contributed by atoms with van der Waals surface area (Å²) < 4.78 is 0. The van der Waals surface area contributed by atoms with Gasteiger partial charge in [-0.2, -0.15) is 5.26 Å². The fraction of sp³-hybridized carbons (Fsp3) is 0.800. The zero-order valence-corrected chi connectivity index (χ0v) is 21.8. The molecule has 1 N–H and O–H groups in total. The van der Waals surface area contributed by atoms with Gasteiger partial charge in [0.05, 0.1) is 11.5 Å². The van der Waals surface area contributed by atoms with Crippen molar-refractivity contribution in [1.29, 1.82) is 5.26 Å². The highest BCUT2D eigenvalue weighted by molar-refractivity contribution is 5.76. The van der Waals surface area contributed by atoms with E-state index in [2.05, 4.69) is 60.3 Å². The van der Waals surface area contributed by atoms with Gasteiger partial charge in [-0.05, 0) is 104 Å². The van der Waals surface area contributed by atoms with Crippen LogP contribution in [0, 0.1) is 62.6 Å². The van der Waals surface area contributed by atoms with Crippen LogP contribution in [0.1, 0.15) is 99.3 Å². The molecule has 0 bridgehead atoms. The zero-order chi connectivity index (χ0) is 24.4. The minimum absolute atomic E-state index is 0.0266. The summed E-state index contributed by atoms with van der Waals surface area (Å²) in [5.74, 6) is 1.51. The SMILES string of the molecule is C=C(C)C1CC[C@]2(C)[C@H](CC=C3[C@@H]4[C@@H](C)[C@H](C)CC[C@]4(C(=O)O)CC[C@]32C)[C@@]1(C)CCC#N. The van der Waals surface area contributed by atoms with Crippen LogP contribution in [0.15, 0.2) is 23.8 Å². The third kappa shape index (κ3) is 3.15. The highest BCUT2D eigenvalue weighted by atomic mass is 16.4. The summed E-state index contributed by atoms with van der Waals surface area (Å²) in [7, 11) is 0. The molecule has 4 rings (SSSR count). The van der Waals surface area contributed by atoms with E-state index in [9.17, 15) is 15.2 Å². The van der Waals surface area contributed by atoms with Crippen molar-refractivity contribution in [2.45, 2.75) is 99.3 Å². The van der Waals surface area contributed by atoms with E-state index in [4.69, 9.17) is 0 Å². The van der Waals surface area contributed by atoms with Gasteiger partial charge in [0, 0.05) is 6.42 Å². The van der Waals surface area contributed by atoms with Crippen molar-refractivity contribution in [1.82, 2.24) is 0 Å². The fourth-order valence-corrected chi connectivity index (χ4v) is 9.71. The molecule has 1 unspecified atom stereocenters. The minimum Gasteiger partial charge on any atom is -0.481 e. The molecule has 3 fully saturated rings. The number of fused-ring (bicyclic) bond motifs is 5. The normalized spacial score (nSPS) is 49.0. The molecule has 3 nitrogen and oxygen atoms in total. The fourth-order valence-electron chi connectivity index (χ4n) is 9.71. The predicted molar refractivity (Wildman–Crippen MR) is 133 cm³/mol. The zero-order valence-electron chi connectivity index (χ0n) is 21.8. The topological polar surface area (TPSA) is 61.1 Å². The third-order valence-corrected chi connectivity index (χ3v) is 12.1. The first-order chi connectivity index (χ1) is 15.4. The summed E-state index contributed by atoms with van der Waals surface area (Å²) in [6, 6.07) is 2.43. The maximum absolute atomic E-state index is 12.8. The number of carbonyl (C=O) groups is 1. The molecule has 0 heterocycles. The first kappa shape index (κ1) is 24.6. The van der Waals surface area contributed by atoms with E-state index in [0.29, 0.717) is 30.1 Å². The predicted octanol–water partition coefficient (Wildman–Crippen LogP) is 7.79. The molecule has 0 radical (unpaired) electrons. The molecule has 0 spiro atoms. The number of rotatable bonds is 4. The molecular formula is C30H45NO2. The van der Waals surface area contributed by atoms with Crippen LogP contribution in [-0.4, -0.2) is 11.1 Å². The standard InChI is InChI=1S/C30H45NO2/c1-19(2)22-12-14-29(7)24(27(22,5)13-8-18-31)10-9-23-25-21(4)20(3)11-15-30(25,26(32)33)17-16-28(23,29)6/h9,20-22,24-25H,1,8,10-17H2,2-7H3,(H,32,33)/t20-,21+,22?,24-,25+,27+,28-,29-,30+/m1/s1. The summed E-state index contributed by atoms with van der Waals surface area (Å²) in [4.78, 5) is 12.8. The lowest BCUT2D eigenvalue weighted by Gasteiger charge is -2.69. The quantitative estimate of drug-likeness (QED) is 0.444. The molecular weight excluding hydrogens is 406 g/mol. The maximum atomic E-state index is 12.8. The van der Waals surface area contributed by atoms with Gasteiger partial charge in [-0.3, -0.25) is 4.79 Å². The van der Waals surface area contributed by atoms with Crippen molar-refractivity contribution in [3.8, 4) is 6.07 Å². The molecule has 0 aliphatic heterocycles. The minimum atomic E-state index is -0.584. The van der Waals surface area contributed by atoms with Crippen molar-refractivity contribution in [2.75, 3.05) is 0 Å². The van der Waals surface area contributed by atoms with Gasteiger partial charge >= 0.3 is 5.97 Å². The summed E-state index contributed by atoms with van der Waals surface area (Å²) in [6.07, 6.45) is 11.0. The molecule has 33 heavy (non-hydrogen) atoms. The smallest absolute Gasteiger partial charge is 0.310 e. The number of hydrogen-bond acceptors (Lipinski definition) is 2. The first-order valence-corrected chi connectivity index (χ1v) is 13.4. The molecule has 0 aromatic rings. The van der Waals surface area contributed by atoms with Crippen LogP contribution in [0.2, 0.25) is 0 Å². The molecule has 182 valence electrons. The Morgan fingerprint density at radius 3 is 2.48 bits per heavy atom. The Labute approximate surface area is 201 Å². The van der Waals surface area contributed by atoms with Crippen molar-refractivity contribution >= 4 is 5.97 Å². The third-order valence-electron chi connectivity index (χ3n) is 12.1. The van der Waals surface area contributed by atoms with Crippen molar-refractivity contribution in [2.24, 2.45) is 51.2 Å². The van der Waals surface area contributed by atoms with Crippen LogP contribution in [0.25, 0.3) is 0 Å². The Morgan fingerprint density at radius 2 is 1.88 bits per heavy atom. The second-order valence-corrected chi connectivity index (χ2v) is 13.1. The van der Waals surface area contributed by atoms with Gasteiger partial charge < -0.3 is 5.11 Å². The molecule has 0 aromatic carbocycles. The lowest BCUT2D eigenvalue weighted by Crippen LogP contribution is -2.62. The van der Waals surface area contributed by atoms with E-state index in [1.165, 1.54) is 17.6 Å². The molecule has 0 saturated heterocycles. The second-order valence-electron chi connectivity index (χ2n) is 13.1. The highest BCUT2D eigenvalue weighted by Gasteiger charge is 2.67. The number of allylic oxidation sites excluding steroid dienone is 3. The van der Waals surface area contributed by atoms with Crippen LogP contribution >= 0.6 is 0 Å². The Hall–Kier alpha value is -1.56. The van der Waals surface area contributed by atoms with Crippen molar-refractivity contribution in [3.63, 3.8) is 0 Å². The monoisotopic (exact) mass is 451 g/mol. The number of carboxylic acid groups (broad SMARTS) is 1. The number of nitrogens with zero attached hydrogens (tertiary/aromatic N) is 1. The van der Waals surface area contributed by atoms with Crippen LogP contribution in [0.5, 0.6) is 0 Å². The van der Waals surface area contributed by atoms with E-state index in [1.54, 1.807) is 0 Å². The lowest BCUT2D eigenvalue weighted by atomic mass is 9.35. The molecule has 3 saturated carbocycles. The van der Waals surface area contributed by atoms with Crippen molar-refractivity contribution in [3.05, 3.63) is 23.8 Å². The lowest BCUT2D eigenvalue weighted by molar-refractivity contribution is -0.173. The summed E-state index contributed by atoms with van der Waals surface area (Å²) in [6.45, 7) is 18.6. The summed E-state index contributed by atoms with van der Waals surface area (Å²) in [5, 5.41) is 20.0. The summed E-state index contributed by atoms with van der Waals surface area (Å²) >= 11 is 0. The van der Waals surface area contributed by atoms with Gasteiger partial charge in [0.15, 0.2) is 0 Å². The number of hydrogen-bond donors (Lipinski definition) is 1. The van der Waals surface area contributed by atoms with Gasteiger partial charge in [-0.1, -0.05) is 58.4 Å². The van der Waals surface area contributed by atoms with E-state index in [-0.39, 0.29) is 22.2 Å². The molecule has 3 heteroatoms. The average molecular weight is 452 g/mol. The van der Waals surface area contributed by atoms with Crippen LogP contribution in [-0.2, 0) is 4.79 Å². The second kappa shape index (κ2) is 8.00. The van der Waals surface area contributed by atoms with Gasteiger partial charge in [0.2, 0.25) is 0 Å². The molecule has 9 atom stereocenters. The van der Waals surface area contributed by atoms with Crippen LogP contribution in [0.4, 0.5) is 0 Å². The molecule has 0 aromatic heterocycles. The Bertz CT molecular complexity index is 913. The van der Waals surface area contributed by atoms with Crippen LogP contribution in [0.3, 0.4) is 0 Å². The van der Waals surface area contributed by atoms with E-state index < -0.39 is 11.4 Å². The largest absolute Gasteiger partial charge is 0.481 e. The number of aliphatic carboxylic acids is 1. The average Bonchev–Trinajstić information content (AvgIpc) is 2.75. The van der Waals surface area contributed by atoms with E-state index in [0.717, 1.165) is 44.9 Å².